The Balaban J connectivity index is 1.97. The zero-order chi connectivity index (χ0) is 12.3. The molecule has 0 saturated carbocycles. The van der Waals surface area contributed by atoms with Crippen molar-refractivity contribution in [3.63, 3.8) is 0 Å². The lowest BCUT2D eigenvalue weighted by atomic mass is 10.5. The number of nitrogens with zero attached hydrogens (tertiary/aromatic N) is 4. The van der Waals surface area contributed by atoms with Gasteiger partial charge in [0, 0.05) is 11.4 Å². The lowest BCUT2D eigenvalue weighted by molar-refractivity contribution is 0.268. The first-order valence-corrected chi connectivity index (χ1v) is 5.59. The number of rotatable bonds is 5. The molecule has 0 unspecified atom stereocenters. The van der Waals surface area contributed by atoms with Gasteiger partial charge in [0.2, 0.25) is 0 Å². The van der Waals surface area contributed by atoms with E-state index in [9.17, 15) is 0 Å². The Hall–Kier alpha value is -1.82. The summed E-state index contributed by atoms with van der Waals surface area (Å²) in [7, 11) is 0. The molecule has 2 aromatic rings. The van der Waals surface area contributed by atoms with E-state index >= 15 is 0 Å². The predicted octanol–water partition coefficient (Wildman–Crippen LogP) is 0.432. The van der Waals surface area contributed by atoms with Crippen LogP contribution >= 0.6 is 0 Å². The van der Waals surface area contributed by atoms with E-state index in [1.54, 1.807) is 4.68 Å². The summed E-state index contributed by atoms with van der Waals surface area (Å²) < 4.78 is 3.65. The van der Waals surface area contributed by atoms with Crippen molar-refractivity contribution in [3.05, 3.63) is 35.4 Å². The standard InChI is InChI=1S/C11H17N5O/c1-9-3-4-10(2)16(9)12-7-11-8-15(5-6-17)14-13-11/h3-4,8,12,17H,5-7H2,1-2H3. The first kappa shape index (κ1) is 11.7. The Bertz CT molecular complexity index is 468. The minimum Gasteiger partial charge on any atom is -0.394 e. The van der Waals surface area contributed by atoms with Crippen LogP contribution in [0, 0.1) is 13.8 Å². The second kappa shape index (κ2) is 5.01. The fourth-order valence-corrected chi connectivity index (χ4v) is 1.71. The quantitative estimate of drug-likeness (QED) is 0.788. The molecule has 0 fully saturated rings. The van der Waals surface area contributed by atoms with Gasteiger partial charge in [-0.1, -0.05) is 5.21 Å². The van der Waals surface area contributed by atoms with Crippen LogP contribution in [0.2, 0.25) is 0 Å². The van der Waals surface area contributed by atoms with Gasteiger partial charge in [-0.05, 0) is 26.0 Å². The molecule has 0 aromatic carbocycles. The van der Waals surface area contributed by atoms with E-state index < -0.39 is 0 Å². The van der Waals surface area contributed by atoms with Crippen molar-refractivity contribution in [3.8, 4) is 0 Å². The first-order chi connectivity index (χ1) is 8.20. The number of hydrogen-bond donors (Lipinski definition) is 2. The fourth-order valence-electron chi connectivity index (χ4n) is 1.71. The molecule has 17 heavy (non-hydrogen) atoms. The average Bonchev–Trinajstić information content (AvgIpc) is 2.86. The lowest BCUT2D eigenvalue weighted by Crippen LogP contribution is -2.17. The van der Waals surface area contributed by atoms with Crippen LogP contribution in [0.15, 0.2) is 18.3 Å². The smallest absolute Gasteiger partial charge is 0.103 e. The Kier molecular flexibility index (Phi) is 3.43. The Morgan fingerprint density at radius 3 is 2.65 bits per heavy atom. The summed E-state index contributed by atoms with van der Waals surface area (Å²) in [5.41, 5.74) is 6.44. The average molecular weight is 235 g/mol. The maximum atomic E-state index is 8.77. The third-order valence-electron chi connectivity index (χ3n) is 2.60. The molecule has 0 aliphatic carbocycles. The minimum atomic E-state index is 0.0754. The van der Waals surface area contributed by atoms with Gasteiger partial charge >= 0.3 is 0 Å². The molecule has 0 bridgehead atoms. The maximum absolute atomic E-state index is 8.77. The van der Waals surface area contributed by atoms with Gasteiger partial charge in [-0.3, -0.25) is 4.68 Å². The van der Waals surface area contributed by atoms with Crippen LogP contribution in [-0.4, -0.2) is 31.4 Å². The van der Waals surface area contributed by atoms with Crippen molar-refractivity contribution in [1.29, 1.82) is 0 Å². The number of aryl methyl sites for hydroxylation is 2. The predicted molar refractivity (Wildman–Crippen MR) is 64.1 cm³/mol. The normalized spacial score (nSPS) is 10.8. The minimum absolute atomic E-state index is 0.0754. The summed E-state index contributed by atoms with van der Waals surface area (Å²) in [6.07, 6.45) is 1.83. The molecule has 2 N–H and O–H groups in total. The van der Waals surface area contributed by atoms with Crippen LogP contribution < -0.4 is 5.43 Å². The van der Waals surface area contributed by atoms with Gasteiger partial charge in [0.15, 0.2) is 0 Å². The van der Waals surface area contributed by atoms with Gasteiger partial charge in [0.1, 0.15) is 5.69 Å². The van der Waals surface area contributed by atoms with Crippen LogP contribution in [0.5, 0.6) is 0 Å². The summed E-state index contributed by atoms with van der Waals surface area (Å²) in [5.74, 6) is 0. The highest BCUT2D eigenvalue weighted by molar-refractivity contribution is 5.15. The second-order valence-electron chi connectivity index (χ2n) is 3.98. The molecular weight excluding hydrogens is 218 g/mol. The van der Waals surface area contributed by atoms with Crippen molar-refractivity contribution in [2.24, 2.45) is 0 Å². The third kappa shape index (κ3) is 2.65. The summed E-state index contributed by atoms with van der Waals surface area (Å²) in [5, 5.41) is 16.7. The lowest BCUT2D eigenvalue weighted by Gasteiger charge is -2.10. The van der Waals surface area contributed by atoms with E-state index in [1.807, 2.05) is 24.7 Å². The maximum Gasteiger partial charge on any atom is 0.103 e. The highest BCUT2D eigenvalue weighted by Gasteiger charge is 2.03. The van der Waals surface area contributed by atoms with Crippen LogP contribution in [0.25, 0.3) is 0 Å². The Labute approximate surface area is 99.8 Å². The Morgan fingerprint density at radius 1 is 1.29 bits per heavy atom. The van der Waals surface area contributed by atoms with Crippen molar-refractivity contribution in [2.75, 3.05) is 12.0 Å². The molecule has 6 nitrogen and oxygen atoms in total. The van der Waals surface area contributed by atoms with E-state index in [2.05, 4.69) is 27.9 Å². The molecule has 92 valence electrons. The van der Waals surface area contributed by atoms with Gasteiger partial charge in [0.05, 0.1) is 25.9 Å². The van der Waals surface area contributed by atoms with Gasteiger partial charge in [-0.2, -0.15) is 0 Å². The largest absolute Gasteiger partial charge is 0.394 e. The third-order valence-corrected chi connectivity index (χ3v) is 2.60. The van der Waals surface area contributed by atoms with Crippen molar-refractivity contribution < 1.29 is 5.11 Å². The molecule has 0 aliphatic rings. The van der Waals surface area contributed by atoms with Crippen LogP contribution in [0.3, 0.4) is 0 Å². The van der Waals surface area contributed by atoms with Crippen LogP contribution in [0.4, 0.5) is 0 Å². The fraction of sp³-hybridized carbons (Fsp3) is 0.455. The molecule has 2 rings (SSSR count). The van der Waals surface area contributed by atoms with Gasteiger partial charge in [0.25, 0.3) is 0 Å². The molecule has 0 saturated heterocycles. The Morgan fingerprint density at radius 2 is 2.00 bits per heavy atom. The summed E-state index contributed by atoms with van der Waals surface area (Å²) in [6.45, 7) is 5.26. The molecule has 0 aliphatic heterocycles. The zero-order valence-electron chi connectivity index (χ0n) is 10.1. The highest BCUT2D eigenvalue weighted by atomic mass is 16.3. The number of hydrogen-bond acceptors (Lipinski definition) is 4. The molecular formula is C11H17N5O. The van der Waals surface area contributed by atoms with E-state index in [-0.39, 0.29) is 6.61 Å². The summed E-state index contributed by atoms with van der Waals surface area (Å²) in [4.78, 5) is 0. The molecule has 0 atom stereocenters. The molecule has 0 spiro atoms. The van der Waals surface area contributed by atoms with Crippen LogP contribution in [0.1, 0.15) is 17.1 Å². The SMILES string of the molecule is Cc1ccc(C)n1NCc1cn(CCO)nn1. The monoisotopic (exact) mass is 235 g/mol. The van der Waals surface area contributed by atoms with Crippen LogP contribution in [-0.2, 0) is 13.1 Å². The molecule has 2 aromatic heterocycles. The number of aliphatic hydroxyl groups is 1. The molecule has 2 heterocycles. The van der Waals surface area contributed by atoms with E-state index in [0.29, 0.717) is 13.1 Å². The van der Waals surface area contributed by atoms with Gasteiger partial charge in [-0.25, -0.2) is 4.68 Å². The van der Waals surface area contributed by atoms with E-state index in [1.165, 1.54) is 0 Å². The molecule has 6 heteroatoms. The van der Waals surface area contributed by atoms with Gasteiger partial charge < -0.3 is 10.5 Å². The number of aromatic nitrogens is 4. The number of nitrogens with one attached hydrogen (secondary N) is 1. The van der Waals surface area contributed by atoms with Gasteiger partial charge in [-0.15, -0.1) is 5.10 Å². The second-order valence-corrected chi connectivity index (χ2v) is 3.98. The van der Waals surface area contributed by atoms with E-state index in [4.69, 9.17) is 5.11 Å². The topological polar surface area (TPSA) is 67.9 Å². The van der Waals surface area contributed by atoms with E-state index in [0.717, 1.165) is 17.1 Å². The van der Waals surface area contributed by atoms with Crippen molar-refractivity contribution in [1.82, 2.24) is 19.7 Å². The summed E-state index contributed by atoms with van der Waals surface area (Å²) >= 11 is 0. The highest BCUT2D eigenvalue weighted by Crippen LogP contribution is 2.05. The zero-order valence-corrected chi connectivity index (χ0v) is 10.1. The first-order valence-electron chi connectivity index (χ1n) is 5.59. The van der Waals surface area contributed by atoms with Crippen molar-refractivity contribution in [2.45, 2.75) is 26.9 Å². The summed E-state index contributed by atoms with van der Waals surface area (Å²) in [6, 6.07) is 4.12. The molecule has 0 amide bonds. The molecule has 0 radical (unpaired) electrons. The number of aliphatic hydroxyl groups excluding tert-OH is 1. The van der Waals surface area contributed by atoms with Crippen molar-refractivity contribution >= 4 is 0 Å².